The van der Waals surface area contributed by atoms with E-state index in [1.165, 1.54) is 0 Å². The van der Waals surface area contributed by atoms with Gasteiger partial charge in [-0.3, -0.25) is 4.21 Å². The Morgan fingerprint density at radius 3 is 2.05 bits per heavy atom. The van der Waals surface area contributed by atoms with Crippen molar-refractivity contribution in [3.8, 4) is 0 Å². The van der Waals surface area contributed by atoms with E-state index in [0.717, 1.165) is 25.0 Å². The van der Waals surface area contributed by atoms with Gasteiger partial charge in [-0.2, -0.15) is 0 Å². The third-order valence-electron chi connectivity index (χ3n) is 4.12. The minimum Gasteiger partial charge on any atom is -0.385 e. The number of halogens is 3. The number of rotatable bonds is 1. The third-order valence-corrected chi connectivity index (χ3v) is 6.24. The predicted molar refractivity (Wildman–Crippen MR) is 64.4 cm³/mol. The van der Waals surface area contributed by atoms with E-state index in [1.807, 2.05) is 0 Å². The first-order valence-electron chi connectivity index (χ1n) is 6.17. The van der Waals surface area contributed by atoms with Crippen LogP contribution in [0.15, 0.2) is 12.1 Å². The van der Waals surface area contributed by atoms with Gasteiger partial charge < -0.3 is 5.11 Å². The van der Waals surface area contributed by atoms with Gasteiger partial charge in [-0.25, -0.2) is 13.2 Å². The zero-order valence-electron chi connectivity index (χ0n) is 10.0. The number of hydrogen-bond acceptors (Lipinski definition) is 2. The van der Waals surface area contributed by atoms with E-state index in [4.69, 9.17) is 0 Å². The van der Waals surface area contributed by atoms with Gasteiger partial charge in [-0.15, -0.1) is 0 Å². The average Bonchev–Trinajstić information content (AvgIpc) is 2.60. The highest BCUT2D eigenvalue weighted by Crippen LogP contribution is 2.46. The molecule has 0 spiro atoms. The second kappa shape index (κ2) is 4.31. The molecule has 1 aromatic rings. The van der Waals surface area contributed by atoms with E-state index in [9.17, 15) is 22.5 Å². The predicted octanol–water partition coefficient (Wildman–Crippen LogP) is 2.37. The molecule has 2 nitrogen and oxygen atoms in total. The van der Waals surface area contributed by atoms with E-state index in [-0.39, 0.29) is 28.9 Å². The first-order valence-corrected chi connectivity index (χ1v) is 7.45. The molecule has 2 atom stereocenters. The Balaban J connectivity index is 2.00. The van der Waals surface area contributed by atoms with Crippen molar-refractivity contribution in [2.45, 2.75) is 41.8 Å². The Morgan fingerprint density at radius 1 is 1.11 bits per heavy atom. The molecule has 0 amide bonds. The first-order chi connectivity index (χ1) is 8.90. The zero-order chi connectivity index (χ0) is 13.8. The topological polar surface area (TPSA) is 37.3 Å². The minimum atomic E-state index is -1.53. The standard InChI is InChI=1S/C13H13F3O2S/c14-10-3-7(4-11(15)12(10)16)13(17)5-8-1-2-9(6-13)19(8)18/h3-4,8-9,17H,1-2,5-6H2. The minimum absolute atomic E-state index is 0.0394. The van der Waals surface area contributed by atoms with Crippen LogP contribution in [0.4, 0.5) is 13.2 Å². The highest BCUT2D eigenvalue weighted by molar-refractivity contribution is 7.86. The highest BCUT2D eigenvalue weighted by atomic mass is 32.2. The van der Waals surface area contributed by atoms with Gasteiger partial charge in [0.25, 0.3) is 0 Å². The smallest absolute Gasteiger partial charge is 0.194 e. The van der Waals surface area contributed by atoms with Crippen LogP contribution in [0.2, 0.25) is 0 Å². The van der Waals surface area contributed by atoms with Crippen molar-refractivity contribution < 1.29 is 22.5 Å². The molecule has 2 aliphatic rings. The molecule has 2 saturated heterocycles. The summed E-state index contributed by atoms with van der Waals surface area (Å²) in [5, 5.41) is 10.3. The fraction of sp³-hybridized carbons (Fsp3) is 0.538. The Labute approximate surface area is 111 Å². The lowest BCUT2D eigenvalue weighted by molar-refractivity contribution is 0.0177. The molecule has 19 heavy (non-hydrogen) atoms. The van der Waals surface area contributed by atoms with Crippen LogP contribution in [0.5, 0.6) is 0 Å². The maximum atomic E-state index is 13.3. The molecule has 2 unspecified atom stereocenters. The van der Waals surface area contributed by atoms with E-state index < -0.39 is 33.9 Å². The summed E-state index contributed by atoms with van der Waals surface area (Å²) in [6, 6.07) is 1.68. The van der Waals surface area contributed by atoms with Crippen LogP contribution < -0.4 is 0 Å². The van der Waals surface area contributed by atoms with E-state index in [1.54, 1.807) is 0 Å². The van der Waals surface area contributed by atoms with Crippen molar-refractivity contribution in [2.24, 2.45) is 0 Å². The molecule has 3 rings (SSSR count). The Kier molecular flexibility index (Phi) is 2.98. The van der Waals surface area contributed by atoms with Gasteiger partial charge >= 0.3 is 0 Å². The molecule has 104 valence electrons. The largest absolute Gasteiger partial charge is 0.385 e. The molecule has 0 aromatic heterocycles. The monoisotopic (exact) mass is 290 g/mol. The van der Waals surface area contributed by atoms with Gasteiger partial charge in [0.15, 0.2) is 17.5 Å². The molecule has 1 N–H and O–H groups in total. The van der Waals surface area contributed by atoms with E-state index in [0.29, 0.717) is 0 Å². The summed E-state index contributed by atoms with van der Waals surface area (Å²) in [6.07, 6.45) is 1.93. The summed E-state index contributed by atoms with van der Waals surface area (Å²) in [4.78, 5) is 0. The molecular formula is C13H13F3O2S. The fourth-order valence-corrected chi connectivity index (χ4v) is 5.30. The molecule has 0 aliphatic carbocycles. The number of fused-ring (bicyclic) bond motifs is 2. The lowest BCUT2D eigenvalue weighted by Crippen LogP contribution is -2.40. The van der Waals surface area contributed by atoms with Crippen LogP contribution in [-0.4, -0.2) is 19.8 Å². The summed E-state index contributed by atoms with van der Waals surface area (Å²) >= 11 is 0. The quantitative estimate of drug-likeness (QED) is 0.806. The molecular weight excluding hydrogens is 277 g/mol. The van der Waals surface area contributed by atoms with Crippen molar-refractivity contribution in [1.29, 1.82) is 0 Å². The van der Waals surface area contributed by atoms with Crippen molar-refractivity contribution in [1.82, 2.24) is 0 Å². The number of benzene rings is 1. The van der Waals surface area contributed by atoms with E-state index in [2.05, 4.69) is 0 Å². The van der Waals surface area contributed by atoms with Crippen molar-refractivity contribution in [2.75, 3.05) is 0 Å². The fourth-order valence-electron chi connectivity index (χ4n) is 3.14. The van der Waals surface area contributed by atoms with Crippen LogP contribution >= 0.6 is 0 Å². The normalized spacial score (nSPS) is 37.6. The number of hydrogen-bond donors (Lipinski definition) is 1. The molecule has 2 aliphatic heterocycles. The summed E-state index contributed by atoms with van der Waals surface area (Å²) in [6.45, 7) is 0. The van der Waals surface area contributed by atoms with Gasteiger partial charge in [-0.1, -0.05) is 0 Å². The maximum absolute atomic E-state index is 13.3. The van der Waals surface area contributed by atoms with Crippen LogP contribution in [0.1, 0.15) is 31.2 Å². The van der Waals surface area contributed by atoms with Gasteiger partial charge in [0.1, 0.15) is 0 Å². The highest BCUT2D eigenvalue weighted by Gasteiger charge is 2.48. The van der Waals surface area contributed by atoms with Crippen molar-refractivity contribution in [3.05, 3.63) is 35.1 Å². The third kappa shape index (κ3) is 2.01. The van der Waals surface area contributed by atoms with Gasteiger partial charge in [0.2, 0.25) is 0 Å². The van der Waals surface area contributed by atoms with Gasteiger partial charge in [0.05, 0.1) is 5.60 Å². The molecule has 6 heteroatoms. The second-order valence-corrected chi connectivity index (χ2v) is 7.33. The SMILES string of the molecule is O=S1C2CCC1CC(O)(c1cc(F)c(F)c(F)c1)C2. The lowest BCUT2D eigenvalue weighted by Gasteiger charge is -2.36. The Bertz CT molecular complexity index is 522. The summed E-state index contributed by atoms with van der Waals surface area (Å²) < 4.78 is 51.4. The zero-order valence-corrected chi connectivity index (χ0v) is 10.9. The van der Waals surface area contributed by atoms with Crippen molar-refractivity contribution >= 4 is 10.8 Å². The van der Waals surface area contributed by atoms with Gasteiger partial charge in [0, 0.05) is 21.3 Å². The summed E-state index contributed by atoms with van der Waals surface area (Å²) in [7, 11) is -0.976. The van der Waals surface area contributed by atoms with E-state index >= 15 is 0 Å². The Morgan fingerprint density at radius 2 is 1.58 bits per heavy atom. The molecule has 0 radical (unpaired) electrons. The molecule has 1 aromatic carbocycles. The second-order valence-electron chi connectivity index (χ2n) is 5.34. The van der Waals surface area contributed by atoms with Crippen LogP contribution in [0.3, 0.4) is 0 Å². The van der Waals surface area contributed by atoms with Crippen LogP contribution in [0, 0.1) is 17.5 Å². The summed E-state index contributed by atoms with van der Waals surface area (Å²) in [5.74, 6) is -4.14. The molecule has 0 saturated carbocycles. The number of aliphatic hydroxyl groups is 1. The van der Waals surface area contributed by atoms with Gasteiger partial charge in [-0.05, 0) is 43.4 Å². The maximum Gasteiger partial charge on any atom is 0.194 e. The summed E-state index contributed by atoms with van der Waals surface area (Å²) in [5.41, 5.74) is -1.37. The lowest BCUT2D eigenvalue weighted by atomic mass is 9.86. The first kappa shape index (κ1) is 13.1. The Hall–Kier alpha value is -0.880. The van der Waals surface area contributed by atoms with Crippen LogP contribution in [0.25, 0.3) is 0 Å². The molecule has 2 bridgehead atoms. The molecule has 2 fully saturated rings. The molecule has 2 heterocycles. The average molecular weight is 290 g/mol. The van der Waals surface area contributed by atoms with Crippen LogP contribution in [-0.2, 0) is 16.4 Å². The van der Waals surface area contributed by atoms with Crippen molar-refractivity contribution in [3.63, 3.8) is 0 Å².